The molecule has 0 atom stereocenters. The van der Waals surface area contributed by atoms with E-state index in [-0.39, 0.29) is 29.9 Å². The summed E-state index contributed by atoms with van der Waals surface area (Å²) >= 11 is 0. The van der Waals surface area contributed by atoms with Gasteiger partial charge in [0.2, 0.25) is 0 Å². The summed E-state index contributed by atoms with van der Waals surface area (Å²) < 4.78 is 4.62. The number of rotatable bonds is 8. The average Bonchev–Trinajstić information content (AvgIpc) is 2.53. The topological polar surface area (TPSA) is 62.7 Å². The van der Waals surface area contributed by atoms with Gasteiger partial charge in [-0.2, -0.15) is 0 Å². The van der Waals surface area contributed by atoms with Crippen molar-refractivity contribution in [3.63, 3.8) is 0 Å². The lowest BCUT2D eigenvalue weighted by Crippen LogP contribution is -2.37. The lowest BCUT2D eigenvalue weighted by Gasteiger charge is -2.11. The average molecular weight is 433 g/mol. The van der Waals surface area contributed by atoms with Crippen LogP contribution in [0.25, 0.3) is 0 Å². The predicted molar refractivity (Wildman–Crippen MR) is 105 cm³/mol. The largest absolute Gasteiger partial charge is 0.469 e. The molecule has 0 aromatic heterocycles. The molecule has 0 unspecified atom stereocenters. The molecule has 1 rings (SSSR count). The molecule has 0 radical (unpaired) electrons. The highest BCUT2D eigenvalue weighted by atomic mass is 127. The first-order valence-electron chi connectivity index (χ1n) is 7.80. The Hall–Kier alpha value is -1.31. The Kier molecular flexibility index (Phi) is 12.4. The molecular formula is C17H28IN3O2. The Morgan fingerprint density at radius 3 is 2.48 bits per heavy atom. The molecule has 0 saturated carbocycles. The van der Waals surface area contributed by atoms with E-state index in [1.165, 1.54) is 18.2 Å². The van der Waals surface area contributed by atoms with Crippen molar-refractivity contribution in [2.75, 3.05) is 20.2 Å². The summed E-state index contributed by atoms with van der Waals surface area (Å²) in [6.45, 7) is 6.38. The number of nitrogens with one attached hydrogen (secondary N) is 2. The Balaban J connectivity index is 0.00000484. The van der Waals surface area contributed by atoms with Crippen molar-refractivity contribution in [2.24, 2.45) is 4.99 Å². The molecule has 2 N–H and O–H groups in total. The fraction of sp³-hybridized carbons (Fsp3) is 0.529. The molecule has 23 heavy (non-hydrogen) atoms. The SMILES string of the molecule is CCNC(=NCc1ccc(C)cc1)NCCCCC(=O)OC.I. The number of hydrogen-bond acceptors (Lipinski definition) is 3. The van der Waals surface area contributed by atoms with Crippen LogP contribution < -0.4 is 10.6 Å². The number of carbonyl (C=O) groups is 1. The van der Waals surface area contributed by atoms with E-state index < -0.39 is 0 Å². The van der Waals surface area contributed by atoms with Gasteiger partial charge < -0.3 is 15.4 Å². The molecule has 0 bridgehead atoms. The van der Waals surface area contributed by atoms with Gasteiger partial charge in [0.15, 0.2) is 5.96 Å². The van der Waals surface area contributed by atoms with Gasteiger partial charge in [-0.1, -0.05) is 29.8 Å². The molecule has 0 aliphatic carbocycles. The van der Waals surface area contributed by atoms with E-state index in [2.05, 4.69) is 51.6 Å². The van der Waals surface area contributed by atoms with E-state index in [9.17, 15) is 4.79 Å². The third kappa shape index (κ3) is 10.1. The second-order valence-corrected chi connectivity index (χ2v) is 5.14. The first-order chi connectivity index (χ1) is 10.7. The number of esters is 1. The third-order valence-electron chi connectivity index (χ3n) is 3.21. The van der Waals surface area contributed by atoms with Gasteiger partial charge in [-0.05, 0) is 32.3 Å². The molecule has 0 saturated heterocycles. The van der Waals surface area contributed by atoms with Crippen LogP contribution in [-0.4, -0.2) is 32.1 Å². The van der Waals surface area contributed by atoms with Gasteiger partial charge in [-0.3, -0.25) is 4.79 Å². The van der Waals surface area contributed by atoms with Crippen LogP contribution in [0, 0.1) is 6.92 Å². The number of guanidine groups is 1. The number of unbranched alkanes of at least 4 members (excludes halogenated alkanes) is 1. The van der Waals surface area contributed by atoms with E-state index in [0.717, 1.165) is 31.9 Å². The van der Waals surface area contributed by atoms with Crippen molar-refractivity contribution >= 4 is 35.9 Å². The van der Waals surface area contributed by atoms with Crippen molar-refractivity contribution < 1.29 is 9.53 Å². The molecule has 0 heterocycles. The predicted octanol–water partition coefficient (Wildman–Crippen LogP) is 3.01. The summed E-state index contributed by atoms with van der Waals surface area (Å²) in [5.41, 5.74) is 2.44. The minimum absolute atomic E-state index is 0. The second kappa shape index (κ2) is 13.2. The van der Waals surface area contributed by atoms with Gasteiger partial charge >= 0.3 is 5.97 Å². The van der Waals surface area contributed by atoms with Gasteiger partial charge in [0, 0.05) is 19.5 Å². The Morgan fingerprint density at radius 2 is 1.87 bits per heavy atom. The van der Waals surface area contributed by atoms with Gasteiger partial charge in [-0.15, -0.1) is 24.0 Å². The van der Waals surface area contributed by atoms with E-state index in [1.54, 1.807) is 0 Å². The number of nitrogens with zero attached hydrogens (tertiary/aromatic N) is 1. The Labute approximate surface area is 156 Å². The van der Waals surface area contributed by atoms with Crippen LogP contribution in [0.4, 0.5) is 0 Å². The van der Waals surface area contributed by atoms with Gasteiger partial charge in [-0.25, -0.2) is 4.99 Å². The summed E-state index contributed by atoms with van der Waals surface area (Å²) in [7, 11) is 1.42. The second-order valence-electron chi connectivity index (χ2n) is 5.14. The van der Waals surface area contributed by atoms with Crippen molar-refractivity contribution in [3.8, 4) is 0 Å². The standard InChI is InChI=1S/C17H27N3O2.HI/c1-4-18-17(19-12-6-5-7-16(21)22-3)20-13-15-10-8-14(2)9-11-15;/h8-11H,4-7,12-13H2,1-3H3,(H2,18,19,20);1H. The molecule has 5 nitrogen and oxygen atoms in total. The zero-order valence-electron chi connectivity index (χ0n) is 14.2. The number of methoxy groups -OCH3 is 1. The summed E-state index contributed by atoms with van der Waals surface area (Å²) in [5, 5.41) is 6.50. The smallest absolute Gasteiger partial charge is 0.305 e. The molecule has 0 aliphatic heterocycles. The van der Waals surface area contributed by atoms with Crippen LogP contribution in [0.3, 0.4) is 0 Å². The number of ether oxygens (including phenoxy) is 1. The zero-order valence-corrected chi connectivity index (χ0v) is 16.6. The fourth-order valence-corrected chi connectivity index (χ4v) is 1.91. The molecule has 1 aromatic rings. The highest BCUT2D eigenvalue weighted by molar-refractivity contribution is 14.0. The highest BCUT2D eigenvalue weighted by Crippen LogP contribution is 2.04. The van der Waals surface area contributed by atoms with Crippen molar-refractivity contribution in [2.45, 2.75) is 39.7 Å². The van der Waals surface area contributed by atoms with Crippen LogP contribution >= 0.6 is 24.0 Å². The normalized spacial score (nSPS) is 10.7. The maximum absolute atomic E-state index is 11.0. The van der Waals surface area contributed by atoms with E-state index in [1.807, 2.05) is 6.92 Å². The minimum Gasteiger partial charge on any atom is -0.469 e. The monoisotopic (exact) mass is 433 g/mol. The first-order valence-corrected chi connectivity index (χ1v) is 7.80. The fourth-order valence-electron chi connectivity index (χ4n) is 1.91. The Morgan fingerprint density at radius 1 is 1.17 bits per heavy atom. The van der Waals surface area contributed by atoms with E-state index in [0.29, 0.717) is 13.0 Å². The van der Waals surface area contributed by atoms with Gasteiger partial charge in [0.1, 0.15) is 0 Å². The summed E-state index contributed by atoms with van der Waals surface area (Å²) in [6, 6.07) is 8.38. The molecule has 6 heteroatoms. The lowest BCUT2D eigenvalue weighted by molar-refractivity contribution is -0.140. The van der Waals surface area contributed by atoms with Crippen LogP contribution in [0.5, 0.6) is 0 Å². The lowest BCUT2D eigenvalue weighted by atomic mass is 10.1. The molecule has 0 amide bonds. The number of halogens is 1. The number of aryl methyl sites for hydroxylation is 1. The maximum atomic E-state index is 11.0. The van der Waals surface area contributed by atoms with Crippen molar-refractivity contribution in [1.82, 2.24) is 10.6 Å². The number of carbonyl (C=O) groups excluding carboxylic acids is 1. The van der Waals surface area contributed by atoms with Crippen molar-refractivity contribution in [3.05, 3.63) is 35.4 Å². The van der Waals surface area contributed by atoms with Crippen LogP contribution in [0.2, 0.25) is 0 Å². The number of benzene rings is 1. The van der Waals surface area contributed by atoms with Gasteiger partial charge in [0.05, 0.1) is 13.7 Å². The molecule has 0 aliphatic rings. The first kappa shape index (κ1) is 21.7. The minimum atomic E-state index is -0.153. The third-order valence-corrected chi connectivity index (χ3v) is 3.21. The highest BCUT2D eigenvalue weighted by Gasteiger charge is 2.00. The van der Waals surface area contributed by atoms with Gasteiger partial charge in [0.25, 0.3) is 0 Å². The van der Waals surface area contributed by atoms with Crippen LogP contribution in [0.1, 0.15) is 37.3 Å². The molecule has 1 aromatic carbocycles. The number of hydrogen-bond donors (Lipinski definition) is 2. The molecule has 0 spiro atoms. The molecule has 0 fully saturated rings. The van der Waals surface area contributed by atoms with E-state index >= 15 is 0 Å². The zero-order chi connectivity index (χ0) is 16.2. The molecule has 130 valence electrons. The number of aliphatic imine (C=N–C) groups is 1. The summed E-state index contributed by atoms with van der Waals surface area (Å²) in [4.78, 5) is 15.6. The quantitative estimate of drug-likeness (QED) is 0.218. The summed E-state index contributed by atoms with van der Waals surface area (Å²) in [5.74, 6) is 0.654. The maximum Gasteiger partial charge on any atom is 0.305 e. The molecular weight excluding hydrogens is 405 g/mol. The van der Waals surface area contributed by atoms with E-state index in [4.69, 9.17) is 0 Å². The van der Waals surface area contributed by atoms with Crippen LogP contribution in [0.15, 0.2) is 29.3 Å². The Bertz CT molecular complexity index is 475. The van der Waals surface area contributed by atoms with Crippen LogP contribution in [-0.2, 0) is 16.1 Å². The van der Waals surface area contributed by atoms with Crippen molar-refractivity contribution in [1.29, 1.82) is 0 Å². The summed E-state index contributed by atoms with van der Waals surface area (Å²) in [6.07, 6.45) is 2.19.